The highest BCUT2D eigenvalue weighted by Gasteiger charge is 2.30. The highest BCUT2D eigenvalue weighted by molar-refractivity contribution is 5.94. The van der Waals surface area contributed by atoms with Crippen LogP contribution in [-0.2, 0) is 9.59 Å². The Morgan fingerprint density at radius 2 is 1.85 bits per heavy atom. The third-order valence-electron chi connectivity index (χ3n) is 5.13. The molecular formula is C21H33N3O3. The summed E-state index contributed by atoms with van der Waals surface area (Å²) >= 11 is 0. The topological polar surface area (TPSA) is 61.9 Å². The van der Waals surface area contributed by atoms with E-state index in [-0.39, 0.29) is 37.0 Å². The molecule has 0 spiro atoms. The second kappa shape index (κ2) is 10.3. The number of rotatable bonds is 8. The zero-order valence-corrected chi connectivity index (χ0v) is 17.0. The van der Waals surface area contributed by atoms with Crippen molar-refractivity contribution >= 4 is 17.5 Å². The lowest BCUT2D eigenvalue weighted by Gasteiger charge is -2.40. The molecule has 150 valence electrons. The number of hydrogen-bond acceptors (Lipinski definition) is 4. The average molecular weight is 376 g/mol. The van der Waals surface area contributed by atoms with Crippen LogP contribution >= 0.6 is 0 Å². The van der Waals surface area contributed by atoms with Crippen LogP contribution in [0.15, 0.2) is 24.3 Å². The van der Waals surface area contributed by atoms with Crippen LogP contribution in [0.4, 0.5) is 5.69 Å². The van der Waals surface area contributed by atoms with Gasteiger partial charge >= 0.3 is 0 Å². The first-order valence-electron chi connectivity index (χ1n) is 9.92. The molecule has 1 aromatic carbocycles. The quantitative estimate of drug-likeness (QED) is 0.758. The fraction of sp³-hybridized carbons (Fsp3) is 0.619. The van der Waals surface area contributed by atoms with Crippen LogP contribution in [0.3, 0.4) is 0 Å². The van der Waals surface area contributed by atoms with Gasteiger partial charge in [0.15, 0.2) is 0 Å². The van der Waals surface area contributed by atoms with E-state index in [4.69, 9.17) is 4.74 Å². The Bertz CT molecular complexity index is 625. The van der Waals surface area contributed by atoms with Crippen LogP contribution < -0.4 is 10.1 Å². The second-order valence-corrected chi connectivity index (χ2v) is 7.39. The molecule has 0 radical (unpaired) electrons. The third-order valence-corrected chi connectivity index (χ3v) is 5.13. The first-order valence-corrected chi connectivity index (χ1v) is 9.92. The molecule has 1 aliphatic heterocycles. The van der Waals surface area contributed by atoms with Gasteiger partial charge in [-0.25, -0.2) is 0 Å². The fourth-order valence-corrected chi connectivity index (χ4v) is 3.86. The predicted octanol–water partition coefficient (Wildman–Crippen LogP) is 3.14. The molecule has 0 aromatic heterocycles. The molecule has 0 saturated carbocycles. The molecule has 1 N–H and O–H groups in total. The fourth-order valence-electron chi connectivity index (χ4n) is 3.86. The minimum absolute atomic E-state index is 0.119. The van der Waals surface area contributed by atoms with Gasteiger partial charge in [0.1, 0.15) is 5.75 Å². The van der Waals surface area contributed by atoms with Crippen molar-refractivity contribution in [3.63, 3.8) is 0 Å². The Balaban J connectivity index is 1.97. The number of hydrogen-bond donors (Lipinski definition) is 1. The van der Waals surface area contributed by atoms with E-state index in [2.05, 4.69) is 26.1 Å². The van der Waals surface area contributed by atoms with Gasteiger partial charge in [-0.1, -0.05) is 19.1 Å². The van der Waals surface area contributed by atoms with Gasteiger partial charge in [0.05, 0.1) is 25.9 Å². The van der Waals surface area contributed by atoms with Crippen molar-refractivity contribution in [2.45, 2.75) is 58.5 Å². The molecule has 2 amide bonds. The Morgan fingerprint density at radius 1 is 1.19 bits per heavy atom. The summed E-state index contributed by atoms with van der Waals surface area (Å²) in [6.45, 7) is 7.47. The molecule has 6 nitrogen and oxygen atoms in total. The van der Waals surface area contributed by atoms with Crippen molar-refractivity contribution in [3.05, 3.63) is 24.3 Å². The molecule has 1 aromatic rings. The lowest BCUT2D eigenvalue weighted by molar-refractivity contribution is -0.138. The average Bonchev–Trinajstić information content (AvgIpc) is 2.62. The molecule has 27 heavy (non-hydrogen) atoms. The molecule has 1 saturated heterocycles. The summed E-state index contributed by atoms with van der Waals surface area (Å²) in [4.78, 5) is 29.3. The number of carbonyl (C=O) groups is 2. The molecule has 6 heteroatoms. The van der Waals surface area contributed by atoms with Gasteiger partial charge in [0.25, 0.3) is 0 Å². The van der Waals surface area contributed by atoms with E-state index >= 15 is 0 Å². The summed E-state index contributed by atoms with van der Waals surface area (Å²) in [5, 5.41) is 2.89. The second-order valence-electron chi connectivity index (χ2n) is 7.39. The van der Waals surface area contributed by atoms with Gasteiger partial charge < -0.3 is 15.0 Å². The van der Waals surface area contributed by atoms with Crippen LogP contribution in [0, 0.1) is 0 Å². The Labute approximate surface area is 162 Å². The summed E-state index contributed by atoms with van der Waals surface area (Å²) < 4.78 is 5.28. The maximum absolute atomic E-state index is 12.9. The first-order chi connectivity index (χ1) is 13.0. The smallest absolute Gasteiger partial charge is 0.238 e. The van der Waals surface area contributed by atoms with Crippen LogP contribution in [-0.4, -0.2) is 60.4 Å². The van der Waals surface area contributed by atoms with Gasteiger partial charge in [-0.2, -0.15) is 0 Å². The molecule has 2 unspecified atom stereocenters. The number of nitrogens with zero attached hydrogens (tertiary/aromatic N) is 2. The summed E-state index contributed by atoms with van der Waals surface area (Å²) in [5.41, 5.74) is 0.644. The standard InChI is InChI=1S/C21H33N3O3/c1-5-13-23(15-21(26)24-16(2)9-8-10-17(24)3)14-20(25)22-18-11-6-7-12-19(18)27-4/h6-7,11-12,16-17H,5,8-10,13-15H2,1-4H3,(H,22,25). The van der Waals surface area contributed by atoms with Crippen LogP contribution in [0.2, 0.25) is 0 Å². The Morgan fingerprint density at radius 3 is 2.48 bits per heavy atom. The number of para-hydroxylation sites is 2. The van der Waals surface area contributed by atoms with Crippen molar-refractivity contribution in [2.75, 3.05) is 32.1 Å². The van der Waals surface area contributed by atoms with Crippen LogP contribution in [0.5, 0.6) is 5.75 Å². The SMILES string of the molecule is CCCN(CC(=O)Nc1ccccc1OC)CC(=O)N1C(C)CCCC1C. The van der Waals surface area contributed by atoms with Gasteiger partial charge in [-0.05, 0) is 58.2 Å². The molecule has 1 heterocycles. The Kier molecular flexibility index (Phi) is 8.10. The number of methoxy groups -OCH3 is 1. The highest BCUT2D eigenvalue weighted by atomic mass is 16.5. The van der Waals surface area contributed by atoms with E-state index in [0.717, 1.165) is 19.3 Å². The molecule has 1 aliphatic rings. The number of carbonyl (C=O) groups excluding carboxylic acids is 2. The maximum Gasteiger partial charge on any atom is 0.238 e. The number of amides is 2. The van der Waals surface area contributed by atoms with Crippen molar-refractivity contribution in [2.24, 2.45) is 0 Å². The number of anilines is 1. The van der Waals surface area contributed by atoms with E-state index in [9.17, 15) is 9.59 Å². The maximum atomic E-state index is 12.9. The highest BCUT2D eigenvalue weighted by Crippen LogP contribution is 2.24. The van der Waals surface area contributed by atoms with E-state index in [1.807, 2.05) is 34.1 Å². The summed E-state index contributed by atoms with van der Waals surface area (Å²) in [6.07, 6.45) is 4.17. The largest absolute Gasteiger partial charge is 0.495 e. The Hall–Kier alpha value is -2.08. The van der Waals surface area contributed by atoms with Crippen LogP contribution in [0.25, 0.3) is 0 Å². The first kappa shape index (κ1) is 21.2. The molecule has 0 aliphatic carbocycles. The lowest BCUT2D eigenvalue weighted by Crippen LogP contribution is -2.51. The predicted molar refractivity (Wildman–Crippen MR) is 108 cm³/mol. The van der Waals surface area contributed by atoms with E-state index < -0.39 is 0 Å². The van der Waals surface area contributed by atoms with Crippen LogP contribution in [0.1, 0.15) is 46.5 Å². The zero-order chi connectivity index (χ0) is 19.8. The van der Waals surface area contributed by atoms with Gasteiger partial charge in [-0.3, -0.25) is 14.5 Å². The van der Waals surface area contributed by atoms with Gasteiger partial charge in [0.2, 0.25) is 11.8 Å². The van der Waals surface area contributed by atoms with Crippen molar-refractivity contribution < 1.29 is 14.3 Å². The molecule has 2 rings (SSSR count). The minimum atomic E-state index is -0.138. The third kappa shape index (κ3) is 5.96. The number of likely N-dealkylation sites (tertiary alicyclic amines) is 1. The van der Waals surface area contributed by atoms with Crippen molar-refractivity contribution in [1.82, 2.24) is 9.80 Å². The van der Waals surface area contributed by atoms with Crippen molar-refractivity contribution in [1.29, 1.82) is 0 Å². The number of nitrogens with one attached hydrogen (secondary N) is 1. The van der Waals surface area contributed by atoms with Gasteiger partial charge in [0, 0.05) is 12.1 Å². The zero-order valence-electron chi connectivity index (χ0n) is 17.0. The number of benzene rings is 1. The molecule has 0 bridgehead atoms. The van der Waals surface area contributed by atoms with Crippen molar-refractivity contribution in [3.8, 4) is 5.75 Å². The normalized spacial score (nSPS) is 19.8. The van der Waals surface area contributed by atoms with E-state index in [0.29, 0.717) is 18.0 Å². The summed E-state index contributed by atoms with van der Waals surface area (Å²) in [5.74, 6) is 0.605. The lowest BCUT2D eigenvalue weighted by atomic mass is 9.97. The number of ether oxygens (including phenoxy) is 1. The minimum Gasteiger partial charge on any atom is -0.495 e. The van der Waals surface area contributed by atoms with E-state index in [1.165, 1.54) is 6.42 Å². The van der Waals surface area contributed by atoms with E-state index in [1.54, 1.807) is 7.11 Å². The molecular weight excluding hydrogens is 342 g/mol. The monoisotopic (exact) mass is 375 g/mol. The molecule has 2 atom stereocenters. The summed E-state index contributed by atoms with van der Waals surface area (Å²) in [6, 6.07) is 7.87. The molecule has 1 fully saturated rings. The number of piperidine rings is 1. The van der Waals surface area contributed by atoms with Gasteiger partial charge in [-0.15, -0.1) is 0 Å². The summed E-state index contributed by atoms with van der Waals surface area (Å²) in [7, 11) is 1.58.